The van der Waals surface area contributed by atoms with Gasteiger partial charge in [0.05, 0.1) is 6.04 Å². The molecule has 0 aliphatic heterocycles. The van der Waals surface area contributed by atoms with Gasteiger partial charge in [-0.1, -0.05) is 13.8 Å². The molecule has 19 heavy (non-hydrogen) atoms. The van der Waals surface area contributed by atoms with E-state index in [1.54, 1.807) is 0 Å². The molecule has 0 saturated heterocycles. The topological polar surface area (TPSA) is 58.2 Å². The number of carbonyl (C=O) groups excluding carboxylic acids is 2. The Morgan fingerprint density at radius 3 is 2.11 bits per heavy atom. The second kappa shape index (κ2) is 8.31. The number of rotatable bonds is 8. The van der Waals surface area contributed by atoms with Gasteiger partial charge in [0.1, 0.15) is 0 Å². The molecule has 0 aromatic heterocycles. The van der Waals surface area contributed by atoms with Crippen LogP contribution in [0.3, 0.4) is 0 Å². The minimum Gasteiger partial charge on any atom is -0.356 e. The average Bonchev–Trinajstić information content (AvgIpc) is 2.23. The molecular weight excluding hydrogens is 240 g/mol. The van der Waals surface area contributed by atoms with Gasteiger partial charge in [-0.3, -0.25) is 9.59 Å². The maximum absolute atomic E-state index is 12.2. The largest absolute Gasteiger partial charge is 0.356 e. The Balaban J connectivity index is 4.20. The summed E-state index contributed by atoms with van der Waals surface area (Å²) in [5, 5.41) is 6.18. The summed E-state index contributed by atoms with van der Waals surface area (Å²) in [6.07, 6.45) is 2.67. The van der Waals surface area contributed by atoms with Crippen LogP contribution in [0.4, 0.5) is 0 Å². The first kappa shape index (κ1) is 18.1. The van der Waals surface area contributed by atoms with Crippen molar-refractivity contribution in [2.45, 2.75) is 72.4 Å². The molecule has 4 heteroatoms. The van der Waals surface area contributed by atoms with Crippen LogP contribution in [0.1, 0.15) is 60.8 Å². The van der Waals surface area contributed by atoms with Crippen LogP contribution in [0, 0.1) is 5.92 Å². The molecule has 0 aromatic rings. The lowest BCUT2D eigenvalue weighted by Gasteiger charge is -2.29. The molecule has 0 rings (SSSR count). The van der Waals surface area contributed by atoms with Crippen LogP contribution in [0.5, 0.6) is 0 Å². The summed E-state index contributed by atoms with van der Waals surface area (Å²) in [4.78, 5) is 22.9. The monoisotopic (exact) mass is 270 g/mol. The molecule has 4 nitrogen and oxygen atoms in total. The molecule has 1 atom stereocenters. The van der Waals surface area contributed by atoms with Gasteiger partial charge in [0.15, 0.2) is 5.78 Å². The smallest absolute Gasteiger partial charge is 0.216 e. The van der Waals surface area contributed by atoms with E-state index in [4.69, 9.17) is 0 Å². The third kappa shape index (κ3) is 9.65. The molecule has 0 aromatic carbocycles. The van der Waals surface area contributed by atoms with Crippen molar-refractivity contribution in [3.05, 3.63) is 0 Å². The van der Waals surface area contributed by atoms with E-state index >= 15 is 0 Å². The van der Waals surface area contributed by atoms with Gasteiger partial charge in [0.25, 0.3) is 0 Å². The van der Waals surface area contributed by atoms with Gasteiger partial charge in [-0.05, 0) is 40.0 Å². The molecule has 1 amide bonds. The van der Waals surface area contributed by atoms with Crippen molar-refractivity contribution in [1.29, 1.82) is 0 Å². The molecule has 0 aliphatic rings. The molecule has 0 fully saturated rings. The van der Waals surface area contributed by atoms with Crippen LogP contribution in [0.15, 0.2) is 0 Å². The van der Waals surface area contributed by atoms with Crippen molar-refractivity contribution < 1.29 is 9.59 Å². The molecule has 2 N–H and O–H groups in total. The van der Waals surface area contributed by atoms with E-state index in [9.17, 15) is 9.59 Å². The SMILES string of the molecule is CC(=O)NCCCC[C@H](NC(C)(C)C)C(=O)C(C)C. The van der Waals surface area contributed by atoms with E-state index in [0.717, 1.165) is 19.3 Å². The fourth-order valence-electron chi connectivity index (χ4n) is 1.95. The molecular formula is C15H30N2O2. The molecule has 0 spiro atoms. The van der Waals surface area contributed by atoms with E-state index in [0.29, 0.717) is 6.54 Å². The zero-order valence-corrected chi connectivity index (χ0v) is 13.3. The number of hydrogen-bond donors (Lipinski definition) is 2. The predicted octanol–water partition coefficient (Wildman–Crippen LogP) is 2.27. The van der Waals surface area contributed by atoms with Gasteiger partial charge in [-0.2, -0.15) is 0 Å². The zero-order chi connectivity index (χ0) is 15.1. The van der Waals surface area contributed by atoms with Crippen molar-refractivity contribution in [2.75, 3.05) is 6.54 Å². The van der Waals surface area contributed by atoms with Crippen LogP contribution in [-0.4, -0.2) is 29.8 Å². The van der Waals surface area contributed by atoms with Crippen molar-refractivity contribution in [3.8, 4) is 0 Å². The number of amides is 1. The predicted molar refractivity (Wildman–Crippen MR) is 79.1 cm³/mol. The molecule has 0 unspecified atom stereocenters. The first-order chi connectivity index (χ1) is 8.63. The first-order valence-electron chi connectivity index (χ1n) is 7.19. The highest BCUT2D eigenvalue weighted by Gasteiger charge is 2.24. The summed E-state index contributed by atoms with van der Waals surface area (Å²) >= 11 is 0. The van der Waals surface area contributed by atoms with Crippen molar-refractivity contribution in [1.82, 2.24) is 10.6 Å². The lowest BCUT2D eigenvalue weighted by Crippen LogP contribution is -2.48. The maximum Gasteiger partial charge on any atom is 0.216 e. The Kier molecular flexibility index (Phi) is 7.91. The summed E-state index contributed by atoms with van der Waals surface area (Å²) in [7, 11) is 0. The summed E-state index contributed by atoms with van der Waals surface area (Å²) in [5.41, 5.74) is -0.0626. The van der Waals surface area contributed by atoms with Crippen LogP contribution in [-0.2, 0) is 9.59 Å². The number of Topliss-reactive ketones (excluding diaryl/α,β-unsaturated/α-hetero) is 1. The zero-order valence-electron chi connectivity index (χ0n) is 13.3. The molecule has 112 valence electrons. The van der Waals surface area contributed by atoms with Crippen LogP contribution in [0.2, 0.25) is 0 Å². The highest BCUT2D eigenvalue weighted by atomic mass is 16.1. The highest BCUT2D eigenvalue weighted by Crippen LogP contribution is 2.12. The van der Waals surface area contributed by atoms with Gasteiger partial charge >= 0.3 is 0 Å². The highest BCUT2D eigenvalue weighted by molar-refractivity contribution is 5.85. The Hall–Kier alpha value is -0.900. The summed E-state index contributed by atoms with van der Waals surface area (Å²) in [5.74, 6) is 0.326. The number of unbranched alkanes of at least 4 members (excludes halogenated alkanes) is 1. The normalized spacial score (nSPS) is 13.4. The lowest BCUT2D eigenvalue weighted by molar-refractivity contribution is -0.124. The quantitative estimate of drug-likeness (QED) is 0.665. The number of carbonyl (C=O) groups is 2. The van der Waals surface area contributed by atoms with Crippen molar-refractivity contribution in [2.24, 2.45) is 5.92 Å². The average molecular weight is 270 g/mol. The van der Waals surface area contributed by atoms with Crippen molar-refractivity contribution in [3.63, 3.8) is 0 Å². The second-order valence-electron chi connectivity index (χ2n) is 6.48. The van der Waals surface area contributed by atoms with Crippen LogP contribution < -0.4 is 10.6 Å². The number of hydrogen-bond acceptors (Lipinski definition) is 3. The van der Waals surface area contributed by atoms with Gasteiger partial charge in [0, 0.05) is 24.9 Å². The maximum atomic E-state index is 12.2. The minimum atomic E-state index is -0.0858. The van der Waals surface area contributed by atoms with Gasteiger partial charge in [-0.15, -0.1) is 0 Å². The fraction of sp³-hybridized carbons (Fsp3) is 0.867. The third-order valence-electron chi connectivity index (χ3n) is 2.81. The van der Waals surface area contributed by atoms with Gasteiger partial charge in [-0.25, -0.2) is 0 Å². The van der Waals surface area contributed by atoms with E-state index in [1.165, 1.54) is 6.92 Å². The Bertz CT molecular complexity index is 293. The molecule has 0 saturated carbocycles. The standard InChI is InChI=1S/C15H30N2O2/c1-11(2)14(19)13(17-15(4,5)6)9-7-8-10-16-12(3)18/h11,13,17H,7-10H2,1-6H3,(H,16,18)/t13-/m0/s1. The minimum absolute atomic E-state index is 0.00243. The third-order valence-corrected chi connectivity index (χ3v) is 2.81. The molecule has 0 aliphatic carbocycles. The number of ketones is 1. The second-order valence-corrected chi connectivity index (χ2v) is 6.48. The summed E-state index contributed by atoms with van der Waals surface area (Å²) in [6, 6.07) is -0.0858. The van der Waals surface area contributed by atoms with Crippen LogP contribution >= 0.6 is 0 Å². The van der Waals surface area contributed by atoms with E-state index in [2.05, 4.69) is 31.4 Å². The number of nitrogens with one attached hydrogen (secondary N) is 2. The fourth-order valence-corrected chi connectivity index (χ4v) is 1.95. The van der Waals surface area contributed by atoms with E-state index < -0.39 is 0 Å². The Morgan fingerprint density at radius 1 is 1.11 bits per heavy atom. The Labute approximate surface area is 117 Å². The molecule has 0 bridgehead atoms. The Morgan fingerprint density at radius 2 is 1.68 bits per heavy atom. The lowest BCUT2D eigenvalue weighted by atomic mass is 9.94. The summed E-state index contributed by atoms with van der Waals surface area (Å²) in [6.45, 7) is 12.3. The van der Waals surface area contributed by atoms with Crippen molar-refractivity contribution >= 4 is 11.7 Å². The van der Waals surface area contributed by atoms with Gasteiger partial charge < -0.3 is 10.6 Å². The molecule has 0 radical (unpaired) electrons. The molecule has 0 heterocycles. The summed E-state index contributed by atoms with van der Waals surface area (Å²) < 4.78 is 0. The van der Waals surface area contributed by atoms with E-state index in [-0.39, 0.29) is 29.2 Å². The van der Waals surface area contributed by atoms with Crippen LogP contribution in [0.25, 0.3) is 0 Å². The first-order valence-corrected chi connectivity index (χ1v) is 7.19. The van der Waals surface area contributed by atoms with E-state index in [1.807, 2.05) is 13.8 Å². The van der Waals surface area contributed by atoms with Gasteiger partial charge in [0.2, 0.25) is 5.91 Å².